The van der Waals surface area contributed by atoms with Crippen LogP contribution in [0.2, 0.25) is 0 Å². The van der Waals surface area contributed by atoms with Crippen LogP contribution in [-0.4, -0.2) is 49.7 Å². The molecule has 0 aromatic heterocycles. The van der Waals surface area contributed by atoms with Gasteiger partial charge in [-0.1, -0.05) is 0 Å². The Hall–Kier alpha value is -1.02. The molecule has 0 radical (unpaired) electrons. The van der Waals surface area contributed by atoms with Crippen molar-refractivity contribution < 1.29 is 27.4 Å². The van der Waals surface area contributed by atoms with E-state index in [1.165, 1.54) is 0 Å². The number of ether oxygens (including phenoxy) is 2. The second-order valence-electron chi connectivity index (χ2n) is 6.83. The van der Waals surface area contributed by atoms with Crippen molar-refractivity contribution in [2.75, 3.05) is 19.8 Å². The van der Waals surface area contributed by atoms with Crippen LogP contribution in [-0.2, 0) is 9.47 Å². The monoisotopic (exact) mass is 340 g/mol. The SMILES string of the molecule is CC(C)(C)OC(=O)NC1CCCC(NCCOCC(F)(F)F)C1. The summed E-state index contributed by atoms with van der Waals surface area (Å²) in [6.45, 7) is 4.57. The number of hydrogen-bond donors (Lipinski definition) is 2. The molecule has 8 heteroatoms. The van der Waals surface area contributed by atoms with Gasteiger partial charge in [0.05, 0.1) is 6.61 Å². The highest BCUT2D eigenvalue weighted by Gasteiger charge is 2.28. The highest BCUT2D eigenvalue weighted by molar-refractivity contribution is 5.68. The summed E-state index contributed by atoms with van der Waals surface area (Å²) in [5.41, 5.74) is -0.535. The maximum Gasteiger partial charge on any atom is 0.411 e. The fourth-order valence-electron chi connectivity index (χ4n) is 2.50. The summed E-state index contributed by atoms with van der Waals surface area (Å²) >= 11 is 0. The number of carbonyl (C=O) groups excluding carboxylic acids is 1. The Morgan fingerprint density at radius 3 is 2.43 bits per heavy atom. The number of rotatable bonds is 6. The molecule has 0 aliphatic heterocycles. The molecular weight excluding hydrogens is 313 g/mol. The van der Waals surface area contributed by atoms with Gasteiger partial charge in [-0.25, -0.2) is 4.79 Å². The Morgan fingerprint density at radius 1 is 1.17 bits per heavy atom. The predicted molar refractivity (Wildman–Crippen MR) is 80.3 cm³/mol. The van der Waals surface area contributed by atoms with Crippen LogP contribution in [0.5, 0.6) is 0 Å². The number of amides is 1. The fraction of sp³-hybridized carbons (Fsp3) is 0.933. The van der Waals surface area contributed by atoms with Gasteiger partial charge in [-0.05, 0) is 46.5 Å². The average Bonchev–Trinajstić information content (AvgIpc) is 2.35. The molecule has 0 bridgehead atoms. The van der Waals surface area contributed by atoms with Crippen LogP contribution in [0.4, 0.5) is 18.0 Å². The van der Waals surface area contributed by atoms with E-state index in [9.17, 15) is 18.0 Å². The Bertz CT molecular complexity index is 370. The number of hydrogen-bond acceptors (Lipinski definition) is 4. The normalized spacial score (nSPS) is 22.7. The molecule has 2 N–H and O–H groups in total. The van der Waals surface area contributed by atoms with E-state index in [1.807, 2.05) is 0 Å². The minimum atomic E-state index is -4.28. The topological polar surface area (TPSA) is 59.6 Å². The largest absolute Gasteiger partial charge is 0.444 e. The molecule has 0 spiro atoms. The van der Waals surface area contributed by atoms with Gasteiger partial charge in [0.1, 0.15) is 12.2 Å². The first-order chi connectivity index (χ1) is 10.6. The van der Waals surface area contributed by atoms with E-state index in [0.717, 1.165) is 25.7 Å². The first-order valence-electron chi connectivity index (χ1n) is 7.92. The van der Waals surface area contributed by atoms with Crippen LogP contribution in [0.15, 0.2) is 0 Å². The lowest BCUT2D eigenvalue weighted by Crippen LogP contribution is -2.46. The quantitative estimate of drug-likeness (QED) is 0.730. The average molecular weight is 340 g/mol. The molecule has 1 aliphatic carbocycles. The van der Waals surface area contributed by atoms with Crippen molar-refractivity contribution in [3.05, 3.63) is 0 Å². The van der Waals surface area contributed by atoms with Gasteiger partial charge < -0.3 is 20.1 Å². The number of alkyl halides is 3. The van der Waals surface area contributed by atoms with Gasteiger partial charge in [0.25, 0.3) is 0 Å². The van der Waals surface area contributed by atoms with Crippen molar-refractivity contribution in [2.24, 2.45) is 0 Å². The maximum absolute atomic E-state index is 11.9. The molecule has 0 saturated heterocycles. The summed E-state index contributed by atoms with van der Waals surface area (Å²) in [5.74, 6) is 0. The summed E-state index contributed by atoms with van der Waals surface area (Å²) in [6, 6.07) is 0.186. The van der Waals surface area contributed by atoms with Crippen LogP contribution < -0.4 is 10.6 Å². The van der Waals surface area contributed by atoms with Crippen molar-refractivity contribution >= 4 is 6.09 Å². The third kappa shape index (κ3) is 10.4. The van der Waals surface area contributed by atoms with E-state index in [-0.39, 0.29) is 18.7 Å². The standard InChI is InChI=1S/C15H27F3N2O3/c1-14(2,3)23-13(21)20-12-6-4-5-11(9-12)19-7-8-22-10-15(16,17)18/h11-12,19H,4-10H2,1-3H3,(H,20,21). The van der Waals surface area contributed by atoms with Crippen LogP contribution in [0, 0.1) is 0 Å². The molecule has 136 valence electrons. The summed E-state index contributed by atoms with van der Waals surface area (Å²) in [7, 11) is 0. The van der Waals surface area contributed by atoms with E-state index >= 15 is 0 Å². The van der Waals surface area contributed by atoms with Crippen molar-refractivity contribution in [3.63, 3.8) is 0 Å². The second-order valence-corrected chi connectivity index (χ2v) is 6.83. The Kier molecular flexibility index (Phi) is 7.60. The zero-order chi connectivity index (χ0) is 17.5. The molecule has 2 unspecified atom stereocenters. The molecule has 1 aliphatic rings. The minimum absolute atomic E-state index is 0.0141. The smallest absolute Gasteiger partial charge is 0.411 e. The number of halogens is 3. The summed E-state index contributed by atoms with van der Waals surface area (Å²) in [6.07, 6.45) is -1.22. The van der Waals surface area contributed by atoms with E-state index in [2.05, 4.69) is 15.4 Å². The molecule has 0 aromatic carbocycles. The number of alkyl carbamates (subject to hydrolysis) is 1. The van der Waals surface area contributed by atoms with Crippen molar-refractivity contribution in [1.82, 2.24) is 10.6 Å². The van der Waals surface area contributed by atoms with E-state index in [4.69, 9.17) is 4.74 Å². The third-order valence-electron chi connectivity index (χ3n) is 3.34. The van der Waals surface area contributed by atoms with Gasteiger partial charge in [0.15, 0.2) is 0 Å². The molecule has 1 fully saturated rings. The van der Waals surface area contributed by atoms with Crippen molar-refractivity contribution in [2.45, 2.75) is 70.3 Å². The van der Waals surface area contributed by atoms with Gasteiger partial charge >= 0.3 is 12.3 Å². The molecule has 1 saturated carbocycles. The van der Waals surface area contributed by atoms with Gasteiger partial charge in [-0.2, -0.15) is 13.2 Å². The van der Waals surface area contributed by atoms with Gasteiger partial charge in [-0.15, -0.1) is 0 Å². The maximum atomic E-state index is 11.9. The zero-order valence-electron chi connectivity index (χ0n) is 14.0. The second kappa shape index (κ2) is 8.73. The van der Waals surface area contributed by atoms with Crippen molar-refractivity contribution in [3.8, 4) is 0 Å². The van der Waals surface area contributed by atoms with Gasteiger partial charge in [0.2, 0.25) is 0 Å². The molecule has 1 amide bonds. The molecule has 23 heavy (non-hydrogen) atoms. The van der Waals surface area contributed by atoms with Crippen LogP contribution >= 0.6 is 0 Å². The molecular formula is C15H27F3N2O3. The molecule has 5 nitrogen and oxygen atoms in total. The molecule has 0 aromatic rings. The Balaban J connectivity index is 2.20. The number of carbonyl (C=O) groups is 1. The molecule has 1 rings (SSSR count). The van der Waals surface area contributed by atoms with Gasteiger partial charge in [-0.3, -0.25) is 0 Å². The highest BCUT2D eigenvalue weighted by atomic mass is 19.4. The summed E-state index contributed by atoms with van der Waals surface area (Å²) in [4.78, 5) is 11.7. The first-order valence-corrected chi connectivity index (χ1v) is 7.92. The van der Waals surface area contributed by atoms with E-state index < -0.39 is 24.5 Å². The van der Waals surface area contributed by atoms with E-state index in [1.54, 1.807) is 20.8 Å². The summed E-state index contributed by atoms with van der Waals surface area (Å²) < 4.78 is 45.6. The highest BCUT2D eigenvalue weighted by Crippen LogP contribution is 2.19. The lowest BCUT2D eigenvalue weighted by molar-refractivity contribution is -0.173. The Morgan fingerprint density at radius 2 is 1.83 bits per heavy atom. The lowest BCUT2D eigenvalue weighted by Gasteiger charge is -2.31. The lowest BCUT2D eigenvalue weighted by atomic mass is 9.91. The summed E-state index contributed by atoms with van der Waals surface area (Å²) in [5, 5.41) is 6.02. The Labute approximate surface area is 135 Å². The van der Waals surface area contributed by atoms with Crippen molar-refractivity contribution in [1.29, 1.82) is 0 Å². The van der Waals surface area contributed by atoms with Gasteiger partial charge in [0, 0.05) is 18.6 Å². The first kappa shape index (κ1) is 20.0. The molecule has 0 heterocycles. The zero-order valence-corrected chi connectivity index (χ0v) is 14.0. The van der Waals surface area contributed by atoms with Crippen LogP contribution in [0.3, 0.4) is 0 Å². The van der Waals surface area contributed by atoms with Crippen LogP contribution in [0.1, 0.15) is 46.5 Å². The fourth-order valence-corrected chi connectivity index (χ4v) is 2.50. The third-order valence-corrected chi connectivity index (χ3v) is 3.34. The minimum Gasteiger partial charge on any atom is -0.444 e. The number of nitrogens with one attached hydrogen (secondary N) is 2. The van der Waals surface area contributed by atoms with Crippen LogP contribution in [0.25, 0.3) is 0 Å². The molecule has 2 atom stereocenters. The van der Waals surface area contributed by atoms with E-state index in [0.29, 0.717) is 6.54 Å². The predicted octanol–water partition coefficient (Wildman–Crippen LogP) is 2.99.